The number of nitrogens with two attached hydrogens (primary N) is 1. The molecule has 0 atom stereocenters. The molecule has 1 heterocycles. The Morgan fingerprint density at radius 3 is 2.85 bits per heavy atom. The van der Waals surface area contributed by atoms with Crippen LogP contribution in [0.25, 0.3) is 0 Å². The van der Waals surface area contributed by atoms with Gasteiger partial charge >= 0.3 is 5.69 Å². The number of benzene rings is 1. The lowest BCUT2D eigenvalue weighted by Crippen LogP contribution is -2.12. The Hall–Kier alpha value is -3.03. The Bertz CT molecular complexity index is 690. The Labute approximate surface area is 112 Å². The smallest absolute Gasteiger partial charge is 0.314 e. The van der Waals surface area contributed by atoms with Gasteiger partial charge in [0, 0.05) is 12.3 Å². The van der Waals surface area contributed by atoms with Gasteiger partial charge in [0.05, 0.1) is 16.7 Å². The van der Waals surface area contributed by atoms with E-state index < -0.39 is 22.2 Å². The van der Waals surface area contributed by atoms with E-state index in [0.29, 0.717) is 0 Å². The Kier molecular flexibility index (Phi) is 3.56. The molecule has 0 amide bonds. The lowest BCUT2D eigenvalue weighted by molar-refractivity contribution is -0.385. The lowest BCUT2D eigenvalue weighted by Gasteiger charge is -2.10. The third-order valence-electron chi connectivity index (χ3n) is 2.43. The van der Waals surface area contributed by atoms with Crippen molar-refractivity contribution in [1.82, 2.24) is 4.98 Å². The molecule has 20 heavy (non-hydrogen) atoms. The largest absolute Gasteiger partial charge is 0.445 e. The first kappa shape index (κ1) is 13.4. The van der Waals surface area contributed by atoms with Gasteiger partial charge in [-0.3, -0.25) is 20.5 Å². The van der Waals surface area contributed by atoms with Crippen LogP contribution in [0.1, 0.15) is 5.56 Å². The molecule has 0 spiro atoms. The van der Waals surface area contributed by atoms with Crippen LogP contribution in [0.5, 0.6) is 11.5 Å². The van der Waals surface area contributed by atoms with Crippen LogP contribution in [-0.4, -0.2) is 15.7 Å². The van der Waals surface area contributed by atoms with E-state index in [9.17, 15) is 14.5 Å². The van der Waals surface area contributed by atoms with E-state index in [0.717, 1.165) is 12.1 Å². The van der Waals surface area contributed by atoms with E-state index in [2.05, 4.69) is 4.98 Å². The molecular weight excluding hydrogens is 267 g/mol. The quantitative estimate of drug-likeness (QED) is 0.384. The van der Waals surface area contributed by atoms with Gasteiger partial charge in [0.25, 0.3) is 0 Å². The number of para-hydroxylation sites is 1. The van der Waals surface area contributed by atoms with Gasteiger partial charge < -0.3 is 10.5 Å². The van der Waals surface area contributed by atoms with Crippen molar-refractivity contribution in [2.45, 2.75) is 0 Å². The highest BCUT2D eigenvalue weighted by atomic mass is 19.1. The molecule has 8 heteroatoms. The Morgan fingerprint density at radius 2 is 2.20 bits per heavy atom. The molecule has 3 N–H and O–H groups in total. The summed E-state index contributed by atoms with van der Waals surface area (Å²) in [6.45, 7) is 0. The minimum atomic E-state index is -0.891. The predicted octanol–water partition coefficient (Wildman–Crippen LogP) is 2.21. The van der Waals surface area contributed by atoms with Crippen molar-refractivity contribution in [3.05, 3.63) is 58.2 Å². The highest BCUT2D eigenvalue weighted by Gasteiger charge is 2.21. The normalized spacial score (nSPS) is 10.1. The molecule has 102 valence electrons. The van der Waals surface area contributed by atoms with Crippen LogP contribution in [0, 0.1) is 21.3 Å². The fourth-order valence-electron chi connectivity index (χ4n) is 1.54. The van der Waals surface area contributed by atoms with E-state index >= 15 is 0 Å². The Morgan fingerprint density at radius 1 is 1.45 bits per heavy atom. The molecule has 1 aromatic heterocycles. The molecule has 7 nitrogen and oxygen atoms in total. The van der Waals surface area contributed by atoms with Gasteiger partial charge in [-0.25, -0.2) is 4.39 Å². The van der Waals surface area contributed by atoms with Gasteiger partial charge in [0.1, 0.15) is 5.84 Å². The standard InChI is InChI=1S/C12H9FN4O3/c13-8-2-1-3-9(17(18)19)11(8)20-10-6-16-5-4-7(10)12(14)15/h1-6H,(H3,14,15). The summed E-state index contributed by atoms with van der Waals surface area (Å²) >= 11 is 0. The monoisotopic (exact) mass is 276 g/mol. The van der Waals surface area contributed by atoms with Crippen molar-refractivity contribution in [3.63, 3.8) is 0 Å². The minimum Gasteiger partial charge on any atom is -0.445 e. The van der Waals surface area contributed by atoms with E-state index in [1.165, 1.54) is 24.5 Å². The third kappa shape index (κ3) is 2.53. The van der Waals surface area contributed by atoms with Crippen LogP contribution in [0.15, 0.2) is 36.7 Å². The van der Waals surface area contributed by atoms with E-state index in [1.54, 1.807) is 0 Å². The zero-order valence-electron chi connectivity index (χ0n) is 10.0. The molecule has 2 rings (SSSR count). The van der Waals surface area contributed by atoms with Crippen LogP contribution in [-0.2, 0) is 0 Å². The van der Waals surface area contributed by atoms with Crippen molar-refractivity contribution < 1.29 is 14.1 Å². The summed E-state index contributed by atoms with van der Waals surface area (Å²) in [4.78, 5) is 13.9. The molecule has 0 unspecified atom stereocenters. The zero-order valence-corrected chi connectivity index (χ0v) is 10.0. The van der Waals surface area contributed by atoms with Crippen LogP contribution in [0.3, 0.4) is 0 Å². The van der Waals surface area contributed by atoms with E-state index in [4.69, 9.17) is 15.9 Å². The van der Waals surface area contributed by atoms with E-state index in [-0.39, 0.29) is 17.1 Å². The number of amidine groups is 1. The van der Waals surface area contributed by atoms with Crippen LogP contribution >= 0.6 is 0 Å². The maximum absolute atomic E-state index is 13.7. The molecule has 0 aliphatic heterocycles. The molecule has 0 fully saturated rings. The molecule has 0 aliphatic rings. The average molecular weight is 276 g/mol. The highest BCUT2D eigenvalue weighted by Crippen LogP contribution is 2.34. The Balaban J connectivity index is 2.51. The summed E-state index contributed by atoms with van der Waals surface area (Å²) in [5, 5.41) is 18.2. The van der Waals surface area contributed by atoms with Crippen molar-refractivity contribution in [2.75, 3.05) is 0 Å². The minimum absolute atomic E-state index is 0.0341. The maximum Gasteiger partial charge on any atom is 0.314 e. The van der Waals surface area contributed by atoms with Crippen LogP contribution in [0.2, 0.25) is 0 Å². The third-order valence-corrected chi connectivity index (χ3v) is 2.43. The molecule has 0 saturated carbocycles. The van der Waals surface area contributed by atoms with Gasteiger partial charge in [-0.2, -0.15) is 0 Å². The summed E-state index contributed by atoms with van der Waals surface area (Å²) in [6, 6.07) is 4.74. The number of ether oxygens (including phenoxy) is 1. The summed E-state index contributed by atoms with van der Waals surface area (Å²) in [6.07, 6.45) is 2.58. The molecule has 0 radical (unpaired) electrons. The number of rotatable bonds is 4. The number of hydrogen-bond donors (Lipinski definition) is 2. The van der Waals surface area contributed by atoms with Crippen LogP contribution in [0.4, 0.5) is 10.1 Å². The highest BCUT2D eigenvalue weighted by molar-refractivity contribution is 5.97. The predicted molar refractivity (Wildman–Crippen MR) is 68.4 cm³/mol. The first-order valence-corrected chi connectivity index (χ1v) is 5.40. The van der Waals surface area contributed by atoms with Crippen molar-refractivity contribution in [1.29, 1.82) is 5.41 Å². The maximum atomic E-state index is 13.7. The number of nitro benzene ring substituents is 1. The number of pyridine rings is 1. The van der Waals surface area contributed by atoms with Crippen LogP contribution < -0.4 is 10.5 Å². The summed E-state index contributed by atoms with van der Waals surface area (Å²) in [7, 11) is 0. The first-order chi connectivity index (χ1) is 9.50. The van der Waals surface area contributed by atoms with Crippen molar-refractivity contribution in [3.8, 4) is 11.5 Å². The van der Waals surface area contributed by atoms with Gasteiger partial charge in [0.15, 0.2) is 11.6 Å². The number of nitrogen functional groups attached to an aromatic ring is 1. The summed E-state index contributed by atoms with van der Waals surface area (Å²) in [5.41, 5.74) is 4.99. The number of nitrogens with zero attached hydrogens (tertiary/aromatic N) is 2. The van der Waals surface area contributed by atoms with Crippen molar-refractivity contribution in [2.24, 2.45) is 5.73 Å². The van der Waals surface area contributed by atoms with Crippen molar-refractivity contribution >= 4 is 11.5 Å². The molecule has 0 saturated heterocycles. The molecule has 0 aliphatic carbocycles. The average Bonchev–Trinajstić information content (AvgIpc) is 2.41. The molecule has 2 aromatic rings. The van der Waals surface area contributed by atoms with Gasteiger partial charge in [-0.05, 0) is 12.1 Å². The summed E-state index contributed by atoms with van der Waals surface area (Å²) < 4.78 is 18.9. The number of aromatic nitrogens is 1. The molecule has 0 bridgehead atoms. The second-order valence-corrected chi connectivity index (χ2v) is 3.73. The lowest BCUT2D eigenvalue weighted by atomic mass is 10.2. The number of nitro groups is 1. The second kappa shape index (κ2) is 5.31. The molecular formula is C12H9FN4O3. The first-order valence-electron chi connectivity index (χ1n) is 5.40. The van der Waals surface area contributed by atoms with Gasteiger partial charge in [-0.15, -0.1) is 0 Å². The number of halogens is 1. The molecule has 1 aromatic carbocycles. The van der Waals surface area contributed by atoms with Gasteiger partial charge in [0.2, 0.25) is 5.75 Å². The SMILES string of the molecule is N=C(N)c1ccncc1Oc1c(F)cccc1[N+](=O)[O-]. The number of nitrogens with one attached hydrogen (secondary N) is 1. The topological polar surface area (TPSA) is 115 Å². The fraction of sp³-hybridized carbons (Fsp3) is 0. The van der Waals surface area contributed by atoms with Gasteiger partial charge in [-0.1, -0.05) is 6.07 Å². The fourth-order valence-corrected chi connectivity index (χ4v) is 1.54. The number of hydrogen-bond acceptors (Lipinski definition) is 5. The summed E-state index contributed by atoms with van der Waals surface area (Å²) in [5.74, 6) is -1.79. The van der Waals surface area contributed by atoms with E-state index in [1.807, 2.05) is 0 Å². The zero-order chi connectivity index (χ0) is 14.7. The second-order valence-electron chi connectivity index (χ2n) is 3.73.